The average molecular weight is 268 g/mol. The fourth-order valence-corrected chi connectivity index (χ4v) is 2.98. The van der Waals surface area contributed by atoms with E-state index in [0.29, 0.717) is 24.3 Å². The fraction of sp³-hybridized carbons (Fsp3) is 0.667. The molecule has 1 amide bonds. The second-order valence-electron chi connectivity index (χ2n) is 4.81. The van der Waals surface area contributed by atoms with Crippen molar-refractivity contribution in [2.24, 2.45) is 5.73 Å². The number of thiazole rings is 1. The number of rotatable bonds is 3. The summed E-state index contributed by atoms with van der Waals surface area (Å²) in [7, 11) is 0. The van der Waals surface area contributed by atoms with Crippen molar-refractivity contribution < 1.29 is 4.79 Å². The van der Waals surface area contributed by atoms with Crippen molar-refractivity contribution in [1.29, 1.82) is 0 Å². The third-order valence-electron chi connectivity index (χ3n) is 3.38. The predicted molar refractivity (Wildman–Crippen MR) is 72.1 cm³/mol. The molecule has 0 bridgehead atoms. The number of aromatic nitrogens is 1. The molecule has 6 heteroatoms. The Kier molecular flexibility index (Phi) is 4.31. The molecular weight excluding hydrogens is 248 g/mol. The standard InChI is InChI=1S/C12H20N4OS/c1-8-4-3-5-9(2)16(8)15-12(17)10-7-18-11(6-13)14-10/h7-9H,3-6,13H2,1-2H3,(H,15,17). The highest BCUT2D eigenvalue weighted by Gasteiger charge is 2.26. The molecule has 1 saturated heterocycles. The van der Waals surface area contributed by atoms with Gasteiger partial charge >= 0.3 is 0 Å². The van der Waals surface area contributed by atoms with Crippen molar-refractivity contribution in [2.75, 3.05) is 0 Å². The van der Waals surface area contributed by atoms with Crippen LogP contribution in [-0.4, -0.2) is 28.0 Å². The number of hydrogen-bond donors (Lipinski definition) is 2. The van der Waals surface area contributed by atoms with Gasteiger partial charge in [-0.15, -0.1) is 11.3 Å². The molecule has 1 aromatic rings. The van der Waals surface area contributed by atoms with Gasteiger partial charge < -0.3 is 5.73 Å². The second kappa shape index (κ2) is 5.77. The van der Waals surface area contributed by atoms with Gasteiger partial charge in [0.25, 0.3) is 5.91 Å². The molecule has 5 nitrogen and oxygen atoms in total. The van der Waals surface area contributed by atoms with Crippen LogP contribution in [0.15, 0.2) is 5.38 Å². The van der Waals surface area contributed by atoms with Gasteiger partial charge in [-0.05, 0) is 26.7 Å². The van der Waals surface area contributed by atoms with Gasteiger partial charge in [-0.2, -0.15) is 0 Å². The van der Waals surface area contributed by atoms with Crippen molar-refractivity contribution >= 4 is 17.2 Å². The van der Waals surface area contributed by atoms with Crippen LogP contribution in [0.3, 0.4) is 0 Å². The molecule has 0 aliphatic carbocycles. The van der Waals surface area contributed by atoms with Crippen molar-refractivity contribution in [3.05, 3.63) is 16.1 Å². The maximum atomic E-state index is 12.1. The molecule has 100 valence electrons. The summed E-state index contributed by atoms with van der Waals surface area (Å²) in [5, 5.41) is 4.60. The van der Waals surface area contributed by atoms with Gasteiger partial charge in [0.15, 0.2) is 0 Å². The van der Waals surface area contributed by atoms with Crippen LogP contribution < -0.4 is 11.2 Å². The highest BCUT2D eigenvalue weighted by molar-refractivity contribution is 7.09. The highest BCUT2D eigenvalue weighted by atomic mass is 32.1. The summed E-state index contributed by atoms with van der Waals surface area (Å²) >= 11 is 1.43. The van der Waals surface area contributed by atoms with Crippen LogP contribution in [0.4, 0.5) is 0 Å². The molecule has 2 rings (SSSR count). The summed E-state index contributed by atoms with van der Waals surface area (Å²) in [6.07, 6.45) is 3.47. The minimum Gasteiger partial charge on any atom is -0.325 e. The predicted octanol–water partition coefficient (Wildman–Crippen LogP) is 1.51. The molecule has 18 heavy (non-hydrogen) atoms. The van der Waals surface area contributed by atoms with E-state index in [9.17, 15) is 4.79 Å². The Labute approximate surface area is 111 Å². The largest absolute Gasteiger partial charge is 0.325 e. The summed E-state index contributed by atoms with van der Waals surface area (Å²) in [6.45, 7) is 4.67. The number of carbonyl (C=O) groups excluding carboxylic acids is 1. The molecule has 1 aliphatic rings. The summed E-state index contributed by atoms with van der Waals surface area (Å²) < 4.78 is 0. The summed E-state index contributed by atoms with van der Waals surface area (Å²) in [4.78, 5) is 16.3. The first kappa shape index (κ1) is 13.5. The zero-order valence-corrected chi connectivity index (χ0v) is 11.7. The number of nitrogens with zero attached hydrogens (tertiary/aromatic N) is 2. The quantitative estimate of drug-likeness (QED) is 0.871. The van der Waals surface area contributed by atoms with Crippen molar-refractivity contribution in [3.63, 3.8) is 0 Å². The topological polar surface area (TPSA) is 71.2 Å². The monoisotopic (exact) mass is 268 g/mol. The lowest BCUT2D eigenvalue weighted by atomic mass is 10.00. The minimum atomic E-state index is -0.133. The van der Waals surface area contributed by atoms with Gasteiger partial charge in [0.05, 0.1) is 0 Å². The summed E-state index contributed by atoms with van der Waals surface area (Å²) in [5.41, 5.74) is 8.93. The molecule has 0 aromatic carbocycles. The Hall–Kier alpha value is -0.980. The maximum absolute atomic E-state index is 12.1. The first-order valence-corrected chi connectivity index (χ1v) is 7.23. The van der Waals surface area contributed by atoms with Gasteiger partial charge in [-0.3, -0.25) is 10.2 Å². The zero-order chi connectivity index (χ0) is 13.1. The number of carbonyl (C=O) groups is 1. The van der Waals surface area contributed by atoms with E-state index in [-0.39, 0.29) is 5.91 Å². The lowest BCUT2D eigenvalue weighted by Crippen LogP contribution is -2.54. The number of nitrogens with two attached hydrogens (primary N) is 1. The lowest BCUT2D eigenvalue weighted by Gasteiger charge is -2.38. The smallest absolute Gasteiger partial charge is 0.285 e. The Morgan fingerprint density at radius 2 is 2.22 bits per heavy atom. The van der Waals surface area contributed by atoms with E-state index in [1.807, 2.05) is 5.01 Å². The second-order valence-corrected chi connectivity index (χ2v) is 5.75. The molecule has 3 N–H and O–H groups in total. The van der Waals surface area contributed by atoms with Crippen LogP contribution in [0, 0.1) is 0 Å². The minimum absolute atomic E-state index is 0.133. The third-order valence-corrected chi connectivity index (χ3v) is 4.25. The number of hydrazine groups is 1. The van der Waals surface area contributed by atoms with Crippen molar-refractivity contribution in [2.45, 2.75) is 51.7 Å². The molecule has 2 unspecified atom stereocenters. The lowest BCUT2D eigenvalue weighted by molar-refractivity contribution is 0.0366. The molecule has 1 aliphatic heterocycles. The third kappa shape index (κ3) is 2.88. The molecule has 0 saturated carbocycles. The van der Waals surface area contributed by atoms with Gasteiger partial charge in [0.1, 0.15) is 10.7 Å². The van der Waals surface area contributed by atoms with Gasteiger partial charge in [-0.1, -0.05) is 6.42 Å². The van der Waals surface area contributed by atoms with Crippen LogP contribution >= 0.6 is 11.3 Å². The molecule has 1 aromatic heterocycles. The molecule has 2 atom stereocenters. The molecule has 0 radical (unpaired) electrons. The Bertz CT molecular complexity index is 410. The van der Waals surface area contributed by atoms with Crippen molar-refractivity contribution in [3.8, 4) is 0 Å². The number of hydrogen-bond acceptors (Lipinski definition) is 5. The van der Waals surface area contributed by atoms with Gasteiger partial charge in [-0.25, -0.2) is 9.99 Å². The zero-order valence-electron chi connectivity index (χ0n) is 10.8. The number of piperidine rings is 1. The SMILES string of the molecule is CC1CCCC(C)N1NC(=O)c1csc(CN)n1. The van der Waals surface area contributed by atoms with Crippen LogP contribution in [0.5, 0.6) is 0 Å². The highest BCUT2D eigenvalue weighted by Crippen LogP contribution is 2.20. The Balaban J connectivity index is 2.01. The number of amides is 1. The molecule has 0 spiro atoms. The van der Waals surface area contributed by atoms with E-state index in [1.54, 1.807) is 5.38 Å². The van der Waals surface area contributed by atoms with Crippen LogP contribution in [0.2, 0.25) is 0 Å². The van der Waals surface area contributed by atoms with E-state index in [0.717, 1.165) is 17.8 Å². The molecule has 2 heterocycles. The molecule has 1 fully saturated rings. The fourth-order valence-electron chi connectivity index (χ4n) is 2.33. The Morgan fingerprint density at radius 3 is 2.78 bits per heavy atom. The van der Waals surface area contributed by atoms with Crippen LogP contribution in [0.25, 0.3) is 0 Å². The first-order chi connectivity index (χ1) is 8.61. The van der Waals surface area contributed by atoms with E-state index >= 15 is 0 Å². The maximum Gasteiger partial charge on any atom is 0.285 e. The van der Waals surface area contributed by atoms with E-state index in [2.05, 4.69) is 24.3 Å². The van der Waals surface area contributed by atoms with E-state index < -0.39 is 0 Å². The van der Waals surface area contributed by atoms with E-state index in [4.69, 9.17) is 5.73 Å². The van der Waals surface area contributed by atoms with Crippen molar-refractivity contribution in [1.82, 2.24) is 15.4 Å². The van der Waals surface area contributed by atoms with Crippen LogP contribution in [-0.2, 0) is 6.54 Å². The average Bonchev–Trinajstić information content (AvgIpc) is 2.82. The summed E-state index contributed by atoms with van der Waals surface area (Å²) in [5.74, 6) is -0.133. The first-order valence-electron chi connectivity index (χ1n) is 6.35. The van der Waals surface area contributed by atoms with E-state index in [1.165, 1.54) is 17.8 Å². The van der Waals surface area contributed by atoms with Gasteiger partial charge in [0, 0.05) is 24.0 Å². The van der Waals surface area contributed by atoms with Gasteiger partial charge in [0.2, 0.25) is 0 Å². The normalized spacial score (nSPS) is 25.1. The molecular formula is C12H20N4OS. The summed E-state index contributed by atoms with van der Waals surface area (Å²) in [6, 6.07) is 0.760. The van der Waals surface area contributed by atoms with Crippen LogP contribution in [0.1, 0.15) is 48.6 Å². The Morgan fingerprint density at radius 1 is 1.56 bits per heavy atom. The number of nitrogens with one attached hydrogen (secondary N) is 1.